The number of fused-ring (bicyclic) bond motifs is 4. The van der Waals surface area contributed by atoms with Gasteiger partial charge in [0.2, 0.25) is 11.6 Å². The molecular formula is C44H51N3O8Si. The second kappa shape index (κ2) is 14.5. The van der Waals surface area contributed by atoms with E-state index in [1.165, 1.54) is 0 Å². The van der Waals surface area contributed by atoms with Gasteiger partial charge in [-0.3, -0.25) is 19.3 Å². The monoisotopic (exact) mass is 777 g/mol. The van der Waals surface area contributed by atoms with Gasteiger partial charge in [0.15, 0.2) is 26.0 Å². The number of Topliss-reactive ketones (excluding diaryl/α,β-unsaturated/α-hetero) is 2. The highest BCUT2D eigenvalue weighted by molar-refractivity contribution is 6.74. The number of hydrogen-bond acceptors (Lipinski definition) is 11. The van der Waals surface area contributed by atoms with E-state index < -0.39 is 48.4 Å². The predicted molar refractivity (Wildman–Crippen MR) is 216 cm³/mol. The molecule has 1 N–H and O–H groups in total. The molecule has 4 atom stereocenters. The molecule has 1 fully saturated rings. The van der Waals surface area contributed by atoms with Crippen LogP contribution in [0.5, 0.6) is 11.6 Å². The summed E-state index contributed by atoms with van der Waals surface area (Å²) in [4.78, 5) is 47.7. The summed E-state index contributed by atoms with van der Waals surface area (Å²) >= 11 is 0. The Kier molecular flexibility index (Phi) is 10.1. The zero-order chi connectivity index (χ0) is 40.3. The minimum absolute atomic E-state index is 0.00640. The maximum absolute atomic E-state index is 15.8. The fourth-order valence-corrected chi connectivity index (χ4v) is 9.94. The van der Waals surface area contributed by atoms with Gasteiger partial charge in [-0.1, -0.05) is 81.4 Å². The summed E-state index contributed by atoms with van der Waals surface area (Å²) in [6.07, 6.45) is 1.40. The topological polar surface area (TPSA) is 132 Å². The fourth-order valence-electron chi connectivity index (χ4n) is 8.49. The van der Waals surface area contributed by atoms with Crippen LogP contribution in [0.15, 0.2) is 76.8 Å². The number of ether oxygens (including phenoxy) is 2. The number of aldehydes is 1. The molecule has 1 aromatic heterocycles. The van der Waals surface area contributed by atoms with Gasteiger partial charge in [0.1, 0.15) is 30.3 Å². The normalized spacial score (nSPS) is 21.9. The van der Waals surface area contributed by atoms with Crippen molar-refractivity contribution in [3.05, 3.63) is 111 Å². The molecule has 3 aliphatic carbocycles. The van der Waals surface area contributed by atoms with Crippen LogP contribution in [0.25, 0.3) is 5.76 Å². The molecule has 4 aromatic rings. The van der Waals surface area contributed by atoms with Crippen molar-refractivity contribution in [1.29, 1.82) is 0 Å². The number of carbonyl (C=O) groups is 3. The molecule has 7 rings (SSSR count). The Morgan fingerprint density at radius 2 is 1.54 bits per heavy atom. The number of rotatable bonds is 11. The first-order valence-electron chi connectivity index (χ1n) is 19.1. The van der Waals surface area contributed by atoms with E-state index in [9.17, 15) is 9.90 Å². The van der Waals surface area contributed by atoms with E-state index in [1.807, 2.05) is 112 Å². The lowest BCUT2D eigenvalue weighted by Gasteiger charge is -2.55. The van der Waals surface area contributed by atoms with E-state index in [1.54, 1.807) is 6.07 Å². The molecule has 3 aliphatic rings. The van der Waals surface area contributed by atoms with E-state index in [-0.39, 0.29) is 41.7 Å². The number of nitrogens with zero attached hydrogens (tertiary/aromatic N) is 3. The molecule has 0 bridgehead atoms. The van der Waals surface area contributed by atoms with Crippen molar-refractivity contribution in [3.8, 4) is 11.6 Å². The van der Waals surface area contributed by atoms with Gasteiger partial charge in [0.25, 0.3) is 5.88 Å². The van der Waals surface area contributed by atoms with Crippen molar-refractivity contribution in [1.82, 2.24) is 10.1 Å². The smallest absolute Gasteiger partial charge is 0.265 e. The van der Waals surface area contributed by atoms with E-state index in [2.05, 4.69) is 25.9 Å². The third-order valence-electron chi connectivity index (χ3n) is 12.1. The Morgan fingerprint density at radius 1 is 0.929 bits per heavy atom. The van der Waals surface area contributed by atoms with E-state index in [0.717, 1.165) is 17.4 Å². The third kappa shape index (κ3) is 6.37. The number of ketones is 2. The van der Waals surface area contributed by atoms with Gasteiger partial charge >= 0.3 is 0 Å². The number of aliphatic hydroxyl groups is 1. The Labute approximate surface area is 329 Å². The summed E-state index contributed by atoms with van der Waals surface area (Å²) in [6.45, 7) is 10.5. The fraction of sp³-hybridized carbons (Fsp3) is 0.409. The molecule has 0 radical (unpaired) electrons. The average molecular weight is 778 g/mol. The molecule has 0 amide bonds. The minimum Gasteiger partial charge on any atom is -0.507 e. The van der Waals surface area contributed by atoms with Crippen molar-refractivity contribution in [2.45, 2.75) is 76.6 Å². The average Bonchev–Trinajstić information content (AvgIpc) is 3.57. The molecule has 3 aromatic carbocycles. The van der Waals surface area contributed by atoms with Crippen LogP contribution in [0.2, 0.25) is 18.1 Å². The van der Waals surface area contributed by atoms with Gasteiger partial charge in [0.05, 0.1) is 17.3 Å². The van der Waals surface area contributed by atoms with Crippen molar-refractivity contribution in [2.75, 3.05) is 33.1 Å². The molecule has 0 aliphatic heterocycles. The SMILES string of the molecule is CN(C)c1c(C=O)cc(OCc2ccccc2)c2c1C[C@H]1C[C@H]3[C@H](N(C)C)c4onc(OCc5ccccc5)c4C(=O)[C@@]3(O[Si](C)(C)C(C)(C)C)C(=O)C1=C2O. The third-order valence-corrected chi connectivity index (χ3v) is 16.5. The van der Waals surface area contributed by atoms with Crippen LogP contribution < -0.4 is 14.4 Å². The lowest BCUT2D eigenvalue weighted by Crippen LogP contribution is -2.68. The van der Waals surface area contributed by atoms with Crippen LogP contribution in [-0.2, 0) is 28.9 Å². The lowest BCUT2D eigenvalue weighted by atomic mass is 9.57. The maximum Gasteiger partial charge on any atom is 0.265 e. The molecular weight excluding hydrogens is 727 g/mol. The van der Waals surface area contributed by atoms with Crippen molar-refractivity contribution in [2.24, 2.45) is 11.8 Å². The predicted octanol–water partition coefficient (Wildman–Crippen LogP) is 8.00. The summed E-state index contributed by atoms with van der Waals surface area (Å²) in [7, 11) is 4.54. The summed E-state index contributed by atoms with van der Waals surface area (Å²) in [5.74, 6) is -2.09. The van der Waals surface area contributed by atoms with Gasteiger partial charge in [-0.05, 0) is 78.9 Å². The Bertz CT molecular complexity index is 2210. The number of aliphatic hydroxyl groups excluding tert-OH is 1. The van der Waals surface area contributed by atoms with E-state index >= 15 is 9.59 Å². The van der Waals surface area contributed by atoms with Gasteiger partial charge in [-0.15, -0.1) is 0 Å². The second-order valence-electron chi connectivity index (χ2n) is 17.1. The van der Waals surface area contributed by atoms with Crippen molar-refractivity contribution < 1.29 is 37.9 Å². The molecule has 1 heterocycles. The van der Waals surface area contributed by atoms with Gasteiger partial charge in [-0.2, -0.15) is 0 Å². The van der Waals surface area contributed by atoms with Crippen molar-refractivity contribution in [3.63, 3.8) is 0 Å². The summed E-state index contributed by atoms with van der Waals surface area (Å²) in [5.41, 5.74) is 2.00. The summed E-state index contributed by atoms with van der Waals surface area (Å²) in [5, 5.41) is 16.5. The molecule has 56 heavy (non-hydrogen) atoms. The molecule has 0 unspecified atom stereocenters. The van der Waals surface area contributed by atoms with Crippen LogP contribution in [0, 0.1) is 11.8 Å². The number of carbonyl (C=O) groups excluding carboxylic acids is 3. The summed E-state index contributed by atoms with van der Waals surface area (Å²) in [6, 6.07) is 20.1. The van der Waals surface area contributed by atoms with E-state index in [0.29, 0.717) is 41.0 Å². The van der Waals surface area contributed by atoms with Crippen LogP contribution in [0.1, 0.15) is 82.0 Å². The first kappa shape index (κ1) is 39.2. The quantitative estimate of drug-likeness (QED) is 0.0903. The number of hydrogen-bond donors (Lipinski definition) is 1. The van der Waals surface area contributed by atoms with Crippen LogP contribution in [-0.4, -0.2) is 75.1 Å². The first-order valence-corrected chi connectivity index (χ1v) is 22.0. The molecule has 294 valence electrons. The number of anilines is 1. The lowest BCUT2D eigenvalue weighted by molar-refractivity contribution is -0.140. The highest BCUT2D eigenvalue weighted by Crippen LogP contribution is 2.59. The zero-order valence-corrected chi connectivity index (χ0v) is 34.6. The number of aromatic nitrogens is 1. The van der Waals surface area contributed by atoms with Gasteiger partial charge in [0, 0.05) is 31.1 Å². The maximum atomic E-state index is 15.8. The first-order chi connectivity index (χ1) is 26.5. The van der Waals surface area contributed by atoms with Crippen LogP contribution in [0.3, 0.4) is 0 Å². The second-order valence-corrected chi connectivity index (χ2v) is 21.8. The number of benzene rings is 3. The molecule has 0 saturated heterocycles. The summed E-state index contributed by atoms with van der Waals surface area (Å²) < 4.78 is 25.8. The highest BCUT2D eigenvalue weighted by Gasteiger charge is 2.69. The standard InChI is InChI=1S/C44H51N3O8Si/c1-43(2,3)56(8,9)55-44-31(37(47(6)7)39-35(41(44)51)42(45-54-39)53-25-27-18-14-11-15-19-27)21-28-20-30-34(38(49)33(28)40(44)50)32(22-29(23-48)36(30)46(4)5)52-24-26-16-12-10-13-17-26/h10-19,22-23,28,31,37,49H,20-21,24-25H2,1-9H3/t28-,31-,37-,44-/m0/s1. The molecule has 0 spiro atoms. The Hall–Kier alpha value is -5.04. The van der Waals surface area contributed by atoms with Crippen LogP contribution >= 0.6 is 0 Å². The molecule has 11 nitrogen and oxygen atoms in total. The zero-order valence-electron chi connectivity index (χ0n) is 33.6. The van der Waals surface area contributed by atoms with E-state index in [4.69, 9.17) is 18.4 Å². The van der Waals surface area contributed by atoms with Gasteiger partial charge in [-0.25, -0.2) is 0 Å². The van der Waals surface area contributed by atoms with Crippen LogP contribution in [0.4, 0.5) is 5.69 Å². The molecule has 1 saturated carbocycles. The Morgan fingerprint density at radius 3 is 2.09 bits per heavy atom. The van der Waals surface area contributed by atoms with Crippen molar-refractivity contribution >= 4 is 37.6 Å². The highest BCUT2D eigenvalue weighted by atomic mass is 28.4. The Balaban J connectivity index is 1.44. The van der Waals surface area contributed by atoms with Gasteiger partial charge < -0.3 is 28.4 Å². The molecule has 12 heteroatoms. The minimum atomic E-state index is -2.92. The largest absolute Gasteiger partial charge is 0.507 e.